The number of fused-ring (bicyclic) bond motifs is 2. The van der Waals surface area contributed by atoms with Gasteiger partial charge in [0.1, 0.15) is 11.5 Å². The van der Waals surface area contributed by atoms with Crippen LogP contribution in [-0.2, 0) is 0 Å². The van der Waals surface area contributed by atoms with Crippen LogP contribution >= 0.6 is 0 Å². The predicted octanol–water partition coefficient (Wildman–Crippen LogP) is 4.29. The third-order valence-electron chi connectivity index (χ3n) is 7.60. The van der Waals surface area contributed by atoms with Crippen LogP contribution in [0.5, 0.6) is 11.5 Å². The highest BCUT2D eigenvalue weighted by Gasteiger charge is 2.29. The maximum Gasteiger partial charge on any atom is 0.125 e. The number of phenolic OH excluding ortho intramolecular Hbond substituents is 1. The van der Waals surface area contributed by atoms with E-state index in [-0.39, 0.29) is 0 Å². The minimum absolute atomic E-state index is 0.295. The first-order valence-electron chi connectivity index (χ1n) is 12.4. The van der Waals surface area contributed by atoms with E-state index in [4.69, 9.17) is 4.74 Å². The van der Waals surface area contributed by atoms with E-state index in [2.05, 4.69) is 42.9 Å². The number of phenols is 1. The number of hydrogen-bond acceptors (Lipinski definition) is 7. The standard InChI is InChI=1S/C28H31N5O2/c1-35-22-18-20-4-2-10-29-27(20)25(19-22)33-16-14-31(15-17-33)21-8-12-32(13-9-21)24-6-7-26(34)23-5-3-11-30-28(23)24/h2-7,10-11,18-19,21,34H,8-9,12-17H2,1H3. The minimum atomic E-state index is 0.295. The van der Waals surface area contributed by atoms with Gasteiger partial charge in [-0.05, 0) is 49.2 Å². The molecule has 0 atom stereocenters. The van der Waals surface area contributed by atoms with Crippen molar-refractivity contribution in [2.24, 2.45) is 0 Å². The first-order chi connectivity index (χ1) is 17.2. The van der Waals surface area contributed by atoms with E-state index in [1.165, 1.54) is 5.69 Å². The lowest BCUT2D eigenvalue weighted by Gasteiger charge is -2.44. The second-order valence-corrected chi connectivity index (χ2v) is 9.47. The van der Waals surface area contributed by atoms with Crippen LogP contribution in [0.2, 0.25) is 0 Å². The molecule has 180 valence electrons. The first kappa shape index (κ1) is 21.9. The minimum Gasteiger partial charge on any atom is -0.507 e. The summed E-state index contributed by atoms with van der Waals surface area (Å²) < 4.78 is 5.56. The van der Waals surface area contributed by atoms with Gasteiger partial charge in [-0.3, -0.25) is 14.9 Å². The molecule has 0 spiro atoms. The molecule has 2 saturated heterocycles. The summed E-state index contributed by atoms with van der Waals surface area (Å²) in [6, 6.07) is 16.5. The Bertz CT molecular complexity index is 1340. The fraction of sp³-hybridized carbons (Fsp3) is 0.357. The molecule has 2 aliphatic rings. The summed E-state index contributed by atoms with van der Waals surface area (Å²) in [6.07, 6.45) is 5.95. The number of aromatic hydroxyl groups is 1. The summed E-state index contributed by atoms with van der Waals surface area (Å²) in [6.45, 7) is 6.11. The van der Waals surface area contributed by atoms with Crippen LogP contribution in [0.15, 0.2) is 60.9 Å². The van der Waals surface area contributed by atoms with E-state index in [9.17, 15) is 5.11 Å². The molecule has 4 heterocycles. The summed E-state index contributed by atoms with van der Waals surface area (Å²) in [5, 5.41) is 12.2. The smallest absolute Gasteiger partial charge is 0.125 e. The Balaban J connectivity index is 1.12. The Kier molecular flexibility index (Phi) is 5.78. The topological polar surface area (TPSA) is 65.0 Å². The second-order valence-electron chi connectivity index (χ2n) is 9.47. The van der Waals surface area contributed by atoms with E-state index in [1.54, 1.807) is 19.4 Å². The van der Waals surface area contributed by atoms with Gasteiger partial charge in [0, 0.05) is 74.5 Å². The van der Waals surface area contributed by atoms with Gasteiger partial charge >= 0.3 is 0 Å². The first-order valence-corrected chi connectivity index (χ1v) is 12.4. The second kappa shape index (κ2) is 9.23. The number of piperazine rings is 1. The number of ether oxygens (including phenoxy) is 1. The van der Waals surface area contributed by atoms with Gasteiger partial charge in [0.05, 0.1) is 29.5 Å². The molecule has 4 aromatic rings. The zero-order valence-corrected chi connectivity index (χ0v) is 20.1. The van der Waals surface area contributed by atoms with Crippen molar-refractivity contribution in [3.63, 3.8) is 0 Å². The highest BCUT2D eigenvalue weighted by atomic mass is 16.5. The number of methoxy groups -OCH3 is 1. The van der Waals surface area contributed by atoms with Gasteiger partial charge in [-0.15, -0.1) is 0 Å². The molecule has 2 aliphatic heterocycles. The molecule has 7 heteroatoms. The van der Waals surface area contributed by atoms with Crippen LogP contribution < -0.4 is 14.5 Å². The van der Waals surface area contributed by atoms with Crippen LogP contribution in [0.1, 0.15) is 12.8 Å². The number of pyridine rings is 2. The molecule has 2 fully saturated rings. The Morgan fingerprint density at radius 2 is 1.51 bits per heavy atom. The number of benzene rings is 2. The largest absolute Gasteiger partial charge is 0.507 e. The number of hydrogen-bond donors (Lipinski definition) is 1. The number of nitrogens with zero attached hydrogens (tertiary/aromatic N) is 5. The third-order valence-corrected chi connectivity index (χ3v) is 7.60. The van der Waals surface area contributed by atoms with Gasteiger partial charge in [-0.25, -0.2) is 0 Å². The summed E-state index contributed by atoms with van der Waals surface area (Å²) in [5.74, 6) is 1.18. The van der Waals surface area contributed by atoms with Crippen molar-refractivity contribution in [1.82, 2.24) is 14.9 Å². The lowest BCUT2D eigenvalue weighted by Crippen LogP contribution is -2.53. The Hall–Kier alpha value is -3.58. The monoisotopic (exact) mass is 469 g/mol. The molecular formula is C28H31N5O2. The predicted molar refractivity (Wildman–Crippen MR) is 141 cm³/mol. The molecule has 6 rings (SSSR count). The molecule has 2 aromatic heterocycles. The van der Waals surface area contributed by atoms with Gasteiger partial charge in [0.2, 0.25) is 0 Å². The van der Waals surface area contributed by atoms with Crippen molar-refractivity contribution in [3.05, 3.63) is 60.9 Å². The zero-order valence-electron chi connectivity index (χ0n) is 20.1. The maximum atomic E-state index is 10.2. The van der Waals surface area contributed by atoms with Crippen LogP contribution in [0, 0.1) is 0 Å². The van der Waals surface area contributed by atoms with Gasteiger partial charge in [-0.1, -0.05) is 6.07 Å². The molecule has 2 aromatic carbocycles. The van der Waals surface area contributed by atoms with E-state index >= 15 is 0 Å². The van der Waals surface area contributed by atoms with Crippen LogP contribution in [0.25, 0.3) is 21.8 Å². The van der Waals surface area contributed by atoms with Crippen LogP contribution in [-0.4, -0.2) is 72.4 Å². The van der Waals surface area contributed by atoms with E-state index in [1.807, 2.05) is 30.5 Å². The molecule has 7 nitrogen and oxygen atoms in total. The van der Waals surface area contributed by atoms with Crippen molar-refractivity contribution < 1.29 is 9.84 Å². The Morgan fingerprint density at radius 3 is 2.29 bits per heavy atom. The Labute approximate surface area is 205 Å². The zero-order chi connectivity index (χ0) is 23.8. The number of rotatable bonds is 4. The summed E-state index contributed by atoms with van der Waals surface area (Å²) in [4.78, 5) is 16.8. The number of anilines is 2. The van der Waals surface area contributed by atoms with Crippen molar-refractivity contribution >= 4 is 33.2 Å². The molecule has 0 radical (unpaired) electrons. The van der Waals surface area contributed by atoms with Crippen molar-refractivity contribution in [2.75, 3.05) is 56.2 Å². The Morgan fingerprint density at radius 1 is 0.800 bits per heavy atom. The van der Waals surface area contributed by atoms with E-state index < -0.39 is 0 Å². The summed E-state index contributed by atoms with van der Waals surface area (Å²) in [7, 11) is 1.72. The SMILES string of the molecule is COc1cc(N2CCN(C3CCN(c4ccc(O)c5cccnc45)CC3)CC2)c2ncccc2c1. The molecule has 0 unspecified atom stereocenters. The fourth-order valence-corrected chi connectivity index (χ4v) is 5.70. The fourth-order valence-electron chi connectivity index (χ4n) is 5.70. The normalized spacial score (nSPS) is 17.9. The van der Waals surface area contributed by atoms with E-state index in [0.717, 1.165) is 85.4 Å². The molecule has 0 aliphatic carbocycles. The number of aromatic nitrogens is 2. The molecular weight excluding hydrogens is 438 g/mol. The highest BCUT2D eigenvalue weighted by Crippen LogP contribution is 2.34. The average Bonchev–Trinajstić information content (AvgIpc) is 2.93. The van der Waals surface area contributed by atoms with Gasteiger partial charge < -0.3 is 19.6 Å². The van der Waals surface area contributed by atoms with E-state index in [0.29, 0.717) is 11.8 Å². The molecule has 1 N–H and O–H groups in total. The lowest BCUT2D eigenvalue weighted by atomic mass is 10.0. The van der Waals surface area contributed by atoms with Crippen molar-refractivity contribution in [1.29, 1.82) is 0 Å². The summed E-state index contributed by atoms with van der Waals surface area (Å²) in [5.41, 5.74) is 4.23. The summed E-state index contributed by atoms with van der Waals surface area (Å²) >= 11 is 0. The molecule has 0 saturated carbocycles. The number of piperidine rings is 1. The lowest BCUT2D eigenvalue weighted by molar-refractivity contribution is 0.160. The molecule has 0 bridgehead atoms. The quantitative estimate of drug-likeness (QED) is 0.478. The van der Waals surface area contributed by atoms with Gasteiger partial charge in [0.25, 0.3) is 0 Å². The average molecular weight is 470 g/mol. The maximum absolute atomic E-state index is 10.2. The molecule has 0 amide bonds. The van der Waals surface area contributed by atoms with Crippen molar-refractivity contribution in [2.45, 2.75) is 18.9 Å². The van der Waals surface area contributed by atoms with Crippen molar-refractivity contribution in [3.8, 4) is 11.5 Å². The van der Waals surface area contributed by atoms with Crippen LogP contribution in [0.4, 0.5) is 11.4 Å². The third kappa shape index (κ3) is 4.10. The van der Waals surface area contributed by atoms with Gasteiger partial charge in [-0.2, -0.15) is 0 Å². The van der Waals surface area contributed by atoms with Gasteiger partial charge in [0.15, 0.2) is 0 Å². The highest BCUT2D eigenvalue weighted by molar-refractivity contribution is 5.95. The molecule has 35 heavy (non-hydrogen) atoms. The van der Waals surface area contributed by atoms with Crippen LogP contribution in [0.3, 0.4) is 0 Å².